The molecule has 2 aliphatic heterocycles. The van der Waals surface area contributed by atoms with Crippen molar-refractivity contribution in [2.45, 2.75) is 74.2 Å². The molecule has 1 fully saturated rings. The molecule has 246 valence electrons. The van der Waals surface area contributed by atoms with E-state index in [2.05, 4.69) is 6.92 Å². The molecule has 3 aromatic rings. The zero-order valence-electron chi connectivity index (χ0n) is 26.5. The second-order valence-electron chi connectivity index (χ2n) is 13.0. The van der Waals surface area contributed by atoms with Gasteiger partial charge in [-0.15, -0.1) is 0 Å². The summed E-state index contributed by atoms with van der Waals surface area (Å²) in [5.41, 5.74) is 4.81. The van der Waals surface area contributed by atoms with Crippen LogP contribution in [0, 0.1) is 5.92 Å². The number of benzene rings is 3. The third-order valence-corrected chi connectivity index (χ3v) is 13.4. The first kappa shape index (κ1) is 31.7. The maximum Gasteiger partial charge on any atom is 0.200 e. The monoisotopic (exact) mass is 666 g/mol. The summed E-state index contributed by atoms with van der Waals surface area (Å²) >= 11 is 0. The van der Waals surface area contributed by atoms with Crippen molar-refractivity contribution in [3.05, 3.63) is 58.7 Å². The molecule has 0 saturated heterocycles. The summed E-state index contributed by atoms with van der Waals surface area (Å²) in [6.07, 6.45) is 4.43. The largest absolute Gasteiger partial charge is 0.508 e. The summed E-state index contributed by atoms with van der Waals surface area (Å²) in [5.74, 6) is 3.51. The molecule has 46 heavy (non-hydrogen) atoms. The number of hydrogen-bond acceptors (Lipinski definition) is 10. The third-order valence-electron chi connectivity index (χ3n) is 10.5. The van der Waals surface area contributed by atoms with Crippen LogP contribution in [0.3, 0.4) is 0 Å². The van der Waals surface area contributed by atoms with Crippen LogP contribution in [0.4, 0.5) is 0 Å². The fourth-order valence-corrected chi connectivity index (χ4v) is 11.3. The van der Waals surface area contributed by atoms with Gasteiger partial charge in [-0.1, -0.05) is 41.0 Å². The van der Waals surface area contributed by atoms with Gasteiger partial charge in [-0.25, -0.2) is 0 Å². The predicted octanol–water partition coefficient (Wildman–Crippen LogP) is 6.89. The lowest BCUT2D eigenvalue weighted by Crippen LogP contribution is -2.56. The van der Waals surface area contributed by atoms with E-state index < -0.39 is 11.7 Å². The van der Waals surface area contributed by atoms with Crippen molar-refractivity contribution >= 4 is 21.6 Å². The summed E-state index contributed by atoms with van der Waals surface area (Å²) in [6, 6.07) is 11.0. The molecule has 0 radical (unpaired) electrons. The molecule has 4 bridgehead atoms. The number of aliphatic hydroxyl groups is 2. The van der Waals surface area contributed by atoms with Gasteiger partial charge in [-0.05, 0) is 84.9 Å². The molecule has 2 heterocycles. The number of rotatable bonds is 6. The highest BCUT2D eigenvalue weighted by Crippen LogP contribution is 2.62. The summed E-state index contributed by atoms with van der Waals surface area (Å²) in [6.45, 7) is 2.32. The van der Waals surface area contributed by atoms with Crippen LogP contribution in [-0.2, 0) is 12.0 Å². The highest BCUT2D eigenvalue weighted by atomic mass is 33.1. The van der Waals surface area contributed by atoms with E-state index in [9.17, 15) is 20.4 Å². The third kappa shape index (κ3) is 5.16. The van der Waals surface area contributed by atoms with Crippen molar-refractivity contribution in [2.75, 3.05) is 33.2 Å². The van der Waals surface area contributed by atoms with Gasteiger partial charge in [0.15, 0.2) is 17.1 Å². The number of methoxy groups -OCH3 is 2. The Morgan fingerprint density at radius 1 is 0.978 bits per heavy atom. The highest BCUT2D eigenvalue weighted by molar-refractivity contribution is 8.76. The topological polar surface area (TPSA) is 118 Å². The first-order valence-electron chi connectivity index (χ1n) is 16.2. The molecule has 4 N–H and O–H groups in total. The molecule has 7 rings (SSSR count). The van der Waals surface area contributed by atoms with Crippen molar-refractivity contribution in [3.63, 3.8) is 0 Å². The molecule has 2 aliphatic carbocycles. The van der Waals surface area contributed by atoms with E-state index in [1.165, 1.54) is 14.2 Å². The van der Waals surface area contributed by atoms with Crippen molar-refractivity contribution in [2.24, 2.45) is 5.92 Å². The van der Waals surface area contributed by atoms with E-state index in [0.29, 0.717) is 29.4 Å². The number of ether oxygens (including phenoxy) is 4. The number of aliphatic hydroxyl groups excluding tert-OH is 2. The van der Waals surface area contributed by atoms with Crippen molar-refractivity contribution in [1.29, 1.82) is 0 Å². The van der Waals surface area contributed by atoms with E-state index in [1.54, 1.807) is 18.2 Å². The predicted molar refractivity (Wildman–Crippen MR) is 181 cm³/mol. The van der Waals surface area contributed by atoms with Gasteiger partial charge in [0, 0.05) is 39.7 Å². The van der Waals surface area contributed by atoms with Gasteiger partial charge >= 0.3 is 0 Å². The number of fused-ring (bicyclic) bond motifs is 5. The van der Waals surface area contributed by atoms with Crippen LogP contribution in [0.25, 0.3) is 11.1 Å². The standard InChI is InChI=1S/C36H42O8S2/c1-19-4-5-20-14-25-31(23-7-6-22(38)17-24(20)23)26(43-12-11-37)18-27-32(25)33-30(46-45-13-9-19)8-10-36(44-27,35(33)40)21-15-28(41-2)34(39)29(16-21)42-3/h6-7,15-20,30,33,35,37-40H,4-5,8-14H2,1-3H3/t19-,20-,30-,33-,35+,36-/m0/s1. The average molecular weight is 667 g/mol. The molecule has 0 amide bonds. The van der Waals surface area contributed by atoms with E-state index in [-0.39, 0.29) is 53.3 Å². The molecule has 3 aromatic carbocycles. The zero-order valence-corrected chi connectivity index (χ0v) is 28.1. The maximum absolute atomic E-state index is 12.6. The van der Waals surface area contributed by atoms with E-state index in [1.807, 2.05) is 39.8 Å². The minimum atomic E-state index is -1.11. The Kier molecular flexibility index (Phi) is 8.67. The normalized spacial score (nSPS) is 28.2. The lowest BCUT2D eigenvalue weighted by atomic mass is 9.64. The fraction of sp³-hybridized carbons (Fsp3) is 0.500. The first-order chi connectivity index (χ1) is 22.3. The van der Waals surface area contributed by atoms with Gasteiger partial charge in [0.1, 0.15) is 30.0 Å². The molecule has 10 heteroatoms. The number of aromatic hydroxyl groups is 2. The Labute approximate surface area is 277 Å². The fourth-order valence-electron chi connectivity index (χ4n) is 8.12. The van der Waals surface area contributed by atoms with Crippen molar-refractivity contribution in [1.82, 2.24) is 0 Å². The van der Waals surface area contributed by atoms with Crippen LogP contribution >= 0.6 is 21.6 Å². The molecule has 4 aliphatic rings. The quantitative estimate of drug-likeness (QED) is 0.207. The van der Waals surface area contributed by atoms with Crippen LogP contribution in [0.1, 0.15) is 73.1 Å². The molecule has 6 atom stereocenters. The second-order valence-corrected chi connectivity index (χ2v) is 15.8. The van der Waals surface area contributed by atoms with Gasteiger partial charge in [0.05, 0.1) is 20.8 Å². The molecule has 0 aromatic heterocycles. The Morgan fingerprint density at radius 3 is 2.50 bits per heavy atom. The van der Waals surface area contributed by atoms with Crippen LogP contribution < -0.4 is 18.9 Å². The molecular weight excluding hydrogens is 625 g/mol. The van der Waals surface area contributed by atoms with Crippen LogP contribution in [-0.4, -0.2) is 65.0 Å². The number of phenols is 2. The van der Waals surface area contributed by atoms with Gasteiger partial charge in [-0.2, -0.15) is 0 Å². The van der Waals surface area contributed by atoms with Gasteiger partial charge in [-0.3, -0.25) is 0 Å². The molecule has 8 nitrogen and oxygen atoms in total. The Hall–Kier alpha value is -2.92. The summed E-state index contributed by atoms with van der Waals surface area (Å²) in [5, 5.41) is 43.8. The summed E-state index contributed by atoms with van der Waals surface area (Å²) < 4.78 is 24.4. The smallest absolute Gasteiger partial charge is 0.200 e. The van der Waals surface area contributed by atoms with Crippen molar-refractivity contribution < 1.29 is 39.4 Å². The van der Waals surface area contributed by atoms with Crippen molar-refractivity contribution in [3.8, 4) is 45.6 Å². The summed E-state index contributed by atoms with van der Waals surface area (Å²) in [7, 11) is 6.77. The maximum atomic E-state index is 12.6. The minimum Gasteiger partial charge on any atom is -0.508 e. The second kappa shape index (κ2) is 12.6. The van der Waals surface area contributed by atoms with Gasteiger partial charge in [0.25, 0.3) is 0 Å². The van der Waals surface area contributed by atoms with E-state index in [4.69, 9.17) is 18.9 Å². The average Bonchev–Trinajstić information content (AvgIpc) is 3.06. The molecule has 0 unspecified atom stereocenters. The van der Waals surface area contributed by atoms with Crippen LogP contribution in [0.5, 0.6) is 34.5 Å². The highest BCUT2D eigenvalue weighted by Gasteiger charge is 2.58. The Morgan fingerprint density at radius 2 is 1.76 bits per heavy atom. The summed E-state index contributed by atoms with van der Waals surface area (Å²) in [4.78, 5) is 0. The van der Waals surface area contributed by atoms with Crippen LogP contribution in [0.15, 0.2) is 36.4 Å². The first-order valence-corrected chi connectivity index (χ1v) is 18.5. The lowest BCUT2D eigenvalue weighted by Gasteiger charge is -2.53. The van der Waals surface area contributed by atoms with Gasteiger partial charge < -0.3 is 39.4 Å². The van der Waals surface area contributed by atoms with E-state index in [0.717, 1.165) is 65.7 Å². The lowest BCUT2D eigenvalue weighted by molar-refractivity contribution is -0.111. The molecular formula is C36H42O8S2. The SMILES string of the molecule is COc1cc([C@@]23CC[C@@H]4SSCC[C@@H](C)CC[C@H]5Cc6c(c(OCCO)cc(c6[C@H]4[C@H]2O)O3)-c2ccc(O)cc25)cc(OC)c1O. The minimum absolute atomic E-state index is 0.0997. The molecule has 1 saturated carbocycles. The van der Waals surface area contributed by atoms with E-state index >= 15 is 0 Å². The Balaban J connectivity index is 1.48. The number of phenolic OH excluding ortho intramolecular Hbond substituents is 2. The van der Waals surface area contributed by atoms with Gasteiger partial charge in [0.2, 0.25) is 5.75 Å². The Bertz CT molecular complexity index is 1600. The zero-order chi connectivity index (χ0) is 32.2. The van der Waals surface area contributed by atoms with Crippen LogP contribution in [0.2, 0.25) is 0 Å². The molecule has 0 spiro atoms. The number of hydrogen-bond donors (Lipinski definition) is 4.